The minimum atomic E-state index is -0.988. The number of hydrogen-bond acceptors (Lipinski definition) is 8. The molecule has 1 saturated carbocycles. The van der Waals surface area contributed by atoms with Gasteiger partial charge in [-0.15, -0.1) is 0 Å². The smallest absolute Gasteiger partial charge is 0.333 e. The number of nitrogens with one attached hydrogen (secondary N) is 1. The van der Waals surface area contributed by atoms with Gasteiger partial charge in [-0.05, 0) is 120 Å². The van der Waals surface area contributed by atoms with E-state index in [0.717, 1.165) is 29.7 Å². The number of anilines is 1. The summed E-state index contributed by atoms with van der Waals surface area (Å²) >= 11 is 0. The molecule has 12 heteroatoms. The first-order valence-electron chi connectivity index (χ1n) is 21.2. The molecule has 1 aliphatic carbocycles. The zero-order valence-corrected chi connectivity index (χ0v) is 37.3. The third-order valence-corrected chi connectivity index (χ3v) is 10.2. The summed E-state index contributed by atoms with van der Waals surface area (Å²) in [6.45, 7) is 20.4. The number of carbonyl (C=O) groups excluding carboxylic acids is 2. The van der Waals surface area contributed by atoms with E-state index in [1.807, 2.05) is 41.3 Å². The lowest BCUT2D eigenvalue weighted by atomic mass is 9.87. The molecule has 2 amide bonds. The number of carboxylic acids is 2. The van der Waals surface area contributed by atoms with Crippen LogP contribution in [0.1, 0.15) is 118 Å². The summed E-state index contributed by atoms with van der Waals surface area (Å²) in [7, 11) is 0. The number of benzene rings is 3. The molecule has 12 nitrogen and oxygen atoms in total. The predicted molar refractivity (Wildman–Crippen MR) is 234 cm³/mol. The van der Waals surface area contributed by atoms with E-state index in [9.17, 15) is 29.4 Å². The average Bonchev–Trinajstić information content (AvgIpc) is 3.19. The minimum absolute atomic E-state index is 0.0146. The molecule has 0 aliphatic heterocycles. The van der Waals surface area contributed by atoms with Crippen LogP contribution in [0.2, 0.25) is 0 Å². The first-order chi connectivity index (χ1) is 28.2. The van der Waals surface area contributed by atoms with Crippen molar-refractivity contribution in [3.05, 3.63) is 89.5 Å². The number of carbonyl (C=O) groups is 4. The van der Waals surface area contributed by atoms with Gasteiger partial charge < -0.3 is 39.4 Å². The van der Waals surface area contributed by atoms with Gasteiger partial charge in [0, 0.05) is 43.3 Å². The van der Waals surface area contributed by atoms with Gasteiger partial charge in [-0.25, -0.2) is 9.59 Å². The third-order valence-electron chi connectivity index (χ3n) is 10.2. The number of aliphatic carboxylic acids is 2. The SMILES string of the molecule is CCO[C@H](Cc1ccc(OC(C)C(=O)N(C2CCCCC2)C(C)(C)C)cc1)C(=O)O.CCO[C@H](Cc1ccc(OC(C)C(=O)Nc2ccc(C(C)(C)C)cc2)cc1)C(=O)O. The van der Waals surface area contributed by atoms with Gasteiger partial charge in [-0.2, -0.15) is 0 Å². The summed E-state index contributed by atoms with van der Waals surface area (Å²) in [5.41, 5.74) is 3.37. The van der Waals surface area contributed by atoms with E-state index in [0.29, 0.717) is 24.7 Å². The van der Waals surface area contributed by atoms with E-state index in [4.69, 9.17) is 18.9 Å². The lowest BCUT2D eigenvalue weighted by Crippen LogP contribution is -2.55. The van der Waals surface area contributed by atoms with Crippen LogP contribution < -0.4 is 14.8 Å². The predicted octanol–water partition coefficient (Wildman–Crippen LogP) is 8.87. The van der Waals surface area contributed by atoms with Crippen LogP contribution in [0.4, 0.5) is 5.69 Å². The number of hydrogen-bond donors (Lipinski definition) is 3. The number of nitrogens with zero attached hydrogens (tertiary/aromatic N) is 1. The summed E-state index contributed by atoms with van der Waals surface area (Å²) in [4.78, 5) is 50.2. The van der Waals surface area contributed by atoms with Gasteiger partial charge >= 0.3 is 11.9 Å². The molecule has 0 radical (unpaired) electrons. The minimum Gasteiger partial charge on any atom is -0.481 e. The maximum Gasteiger partial charge on any atom is 0.333 e. The van der Waals surface area contributed by atoms with E-state index in [1.54, 1.807) is 64.1 Å². The van der Waals surface area contributed by atoms with Crippen LogP contribution in [0.15, 0.2) is 72.8 Å². The molecule has 0 aromatic heterocycles. The zero-order chi connectivity index (χ0) is 44.6. The van der Waals surface area contributed by atoms with Crippen molar-refractivity contribution in [1.82, 2.24) is 4.90 Å². The molecule has 0 bridgehead atoms. The molecule has 330 valence electrons. The van der Waals surface area contributed by atoms with Crippen molar-refractivity contribution in [2.24, 2.45) is 0 Å². The zero-order valence-electron chi connectivity index (χ0n) is 37.3. The fraction of sp³-hybridized carbons (Fsp3) is 0.542. The van der Waals surface area contributed by atoms with E-state index in [-0.39, 0.29) is 41.7 Å². The Balaban J connectivity index is 0.000000320. The van der Waals surface area contributed by atoms with Crippen molar-refractivity contribution >= 4 is 29.4 Å². The van der Waals surface area contributed by atoms with Crippen LogP contribution >= 0.6 is 0 Å². The van der Waals surface area contributed by atoms with Crippen LogP contribution in [0.25, 0.3) is 0 Å². The molecular formula is C48H68N2O10. The van der Waals surface area contributed by atoms with Crippen molar-refractivity contribution in [2.75, 3.05) is 18.5 Å². The standard InChI is InChI=1S/C24H31NO5.C24H37NO5/c1-6-29-21(23(27)28)15-17-7-13-20(14-8-17)30-16(2)22(26)25-19-11-9-18(10-12-19)24(3,4)5;1-6-29-21(23(27)28)16-18-12-14-20(15-13-18)30-17(2)22(26)25(24(3,4)5)19-10-8-7-9-11-19/h7-14,16,21H,6,15H2,1-5H3,(H,25,26)(H,27,28);12-15,17,19,21H,6-11,16H2,1-5H3,(H,27,28)/t16?,21-;17?,21-/m11/s1. The summed E-state index contributed by atoms with van der Waals surface area (Å²) in [5, 5.41) is 21.3. The van der Waals surface area contributed by atoms with Crippen LogP contribution in [0.5, 0.6) is 11.5 Å². The molecule has 0 heterocycles. The van der Waals surface area contributed by atoms with Gasteiger partial charge in [0.15, 0.2) is 24.4 Å². The van der Waals surface area contributed by atoms with Gasteiger partial charge in [0.25, 0.3) is 11.8 Å². The van der Waals surface area contributed by atoms with E-state index < -0.39 is 36.4 Å². The monoisotopic (exact) mass is 832 g/mol. The molecule has 4 rings (SSSR count). The molecule has 1 fully saturated rings. The highest BCUT2D eigenvalue weighted by atomic mass is 16.5. The van der Waals surface area contributed by atoms with Gasteiger partial charge in [0.2, 0.25) is 0 Å². The van der Waals surface area contributed by atoms with Crippen LogP contribution in [-0.4, -0.2) is 88.1 Å². The highest BCUT2D eigenvalue weighted by Crippen LogP contribution is 2.30. The largest absolute Gasteiger partial charge is 0.481 e. The van der Waals surface area contributed by atoms with Crippen molar-refractivity contribution < 1.29 is 48.3 Å². The van der Waals surface area contributed by atoms with Gasteiger partial charge in [0.1, 0.15) is 11.5 Å². The Labute approximate surface area is 356 Å². The third kappa shape index (κ3) is 15.9. The lowest BCUT2D eigenvalue weighted by molar-refractivity contribution is -0.150. The first-order valence-corrected chi connectivity index (χ1v) is 21.2. The molecule has 3 aromatic carbocycles. The fourth-order valence-corrected chi connectivity index (χ4v) is 7.08. The van der Waals surface area contributed by atoms with Crippen LogP contribution in [0.3, 0.4) is 0 Å². The molecule has 0 spiro atoms. The van der Waals surface area contributed by atoms with Gasteiger partial charge in [-0.3, -0.25) is 9.59 Å². The average molecular weight is 833 g/mol. The second-order valence-corrected chi connectivity index (χ2v) is 17.3. The maximum absolute atomic E-state index is 13.3. The lowest BCUT2D eigenvalue weighted by Gasteiger charge is -2.44. The Morgan fingerprint density at radius 3 is 1.48 bits per heavy atom. The molecule has 3 N–H and O–H groups in total. The Kier molecular flexibility index (Phi) is 19.1. The van der Waals surface area contributed by atoms with Crippen LogP contribution in [0, 0.1) is 0 Å². The first kappa shape index (κ1) is 49.4. The fourth-order valence-electron chi connectivity index (χ4n) is 7.08. The van der Waals surface area contributed by atoms with Gasteiger partial charge in [0.05, 0.1) is 0 Å². The topological polar surface area (TPSA) is 161 Å². The summed E-state index contributed by atoms with van der Waals surface area (Å²) < 4.78 is 22.2. The second-order valence-electron chi connectivity index (χ2n) is 17.3. The van der Waals surface area contributed by atoms with E-state index in [2.05, 4.69) is 46.9 Å². The molecule has 1 aliphatic rings. The van der Waals surface area contributed by atoms with E-state index >= 15 is 0 Å². The number of rotatable bonds is 18. The molecule has 0 saturated heterocycles. The Morgan fingerprint density at radius 2 is 1.10 bits per heavy atom. The van der Waals surface area contributed by atoms with E-state index in [1.165, 1.54) is 24.8 Å². The Morgan fingerprint density at radius 1 is 0.667 bits per heavy atom. The van der Waals surface area contributed by atoms with Crippen molar-refractivity contribution in [3.63, 3.8) is 0 Å². The normalized spacial score (nSPS) is 15.3. The van der Waals surface area contributed by atoms with Crippen molar-refractivity contribution in [1.29, 1.82) is 0 Å². The molecular weight excluding hydrogens is 765 g/mol. The number of amides is 2. The molecule has 60 heavy (non-hydrogen) atoms. The maximum atomic E-state index is 13.3. The highest BCUT2D eigenvalue weighted by molar-refractivity contribution is 5.94. The molecule has 2 unspecified atom stereocenters. The van der Waals surface area contributed by atoms with Crippen LogP contribution in [-0.2, 0) is 46.9 Å². The Hall–Kier alpha value is -4.94. The summed E-state index contributed by atoms with van der Waals surface area (Å²) in [6, 6.07) is 22.3. The summed E-state index contributed by atoms with van der Waals surface area (Å²) in [6.07, 6.45) is 3.22. The molecule has 4 atom stereocenters. The Bertz CT molecular complexity index is 1790. The quantitative estimate of drug-likeness (QED) is 0.113. The van der Waals surface area contributed by atoms with Crippen molar-refractivity contribution in [3.8, 4) is 11.5 Å². The second kappa shape index (κ2) is 23.2. The number of carboxylic acid groups (broad SMARTS) is 2. The summed E-state index contributed by atoms with van der Waals surface area (Å²) in [5.74, 6) is -1.06. The number of ether oxygens (including phenoxy) is 4. The van der Waals surface area contributed by atoms with Crippen molar-refractivity contribution in [2.45, 2.75) is 156 Å². The molecule has 3 aromatic rings. The highest BCUT2D eigenvalue weighted by Gasteiger charge is 2.36. The van der Waals surface area contributed by atoms with Gasteiger partial charge in [-0.1, -0.05) is 76.4 Å².